The lowest BCUT2D eigenvalue weighted by Crippen LogP contribution is -1.96. The summed E-state index contributed by atoms with van der Waals surface area (Å²) >= 11 is 0. The molecule has 7 aromatic carbocycles. The Morgan fingerprint density at radius 2 is 1.02 bits per heavy atom. The molecule has 10 aromatic rings. The third-order valence-electron chi connectivity index (χ3n) is 9.36. The molecule has 4 heteroatoms. The van der Waals surface area contributed by atoms with E-state index in [0.29, 0.717) is 0 Å². The number of hydrogen-bond donors (Lipinski definition) is 0. The number of hydrogen-bond acceptors (Lipinski definition) is 3. The largest absolute Gasteiger partial charge is 0.299 e. The summed E-state index contributed by atoms with van der Waals surface area (Å²) in [5.74, 6) is 0. The minimum atomic E-state index is 0.882. The van der Waals surface area contributed by atoms with Crippen LogP contribution in [0.1, 0.15) is 0 Å². The SMILES string of the molecule is c1ccc(-c2nc3ccc4ccc(-c5ccc6c(c5)c5ccccc5c5nc7ccccn7c65)cc4c3nc2-c2ccccc2)cc1. The second-order valence-corrected chi connectivity index (χ2v) is 12.1. The third kappa shape index (κ3) is 3.98. The maximum Gasteiger partial charge on any atom is 0.137 e. The summed E-state index contributed by atoms with van der Waals surface area (Å²) < 4.78 is 2.21. The summed E-state index contributed by atoms with van der Waals surface area (Å²) in [7, 11) is 0. The molecule has 4 nitrogen and oxygen atoms in total. The molecule has 3 aromatic heterocycles. The Kier molecular flexibility index (Phi) is 5.54. The van der Waals surface area contributed by atoms with Gasteiger partial charge in [-0.25, -0.2) is 15.0 Å². The van der Waals surface area contributed by atoms with Gasteiger partial charge in [-0.1, -0.05) is 121 Å². The second kappa shape index (κ2) is 10.1. The summed E-state index contributed by atoms with van der Waals surface area (Å²) in [6.07, 6.45) is 2.11. The van der Waals surface area contributed by atoms with Crippen molar-refractivity contribution >= 4 is 60.0 Å². The van der Waals surface area contributed by atoms with Gasteiger partial charge in [0.05, 0.1) is 33.5 Å². The lowest BCUT2D eigenvalue weighted by Gasteiger charge is -2.13. The fourth-order valence-electron chi connectivity index (χ4n) is 7.13. The highest BCUT2D eigenvalue weighted by Crippen LogP contribution is 2.39. The Morgan fingerprint density at radius 1 is 0.383 bits per heavy atom. The first-order valence-electron chi connectivity index (χ1n) is 15.9. The predicted octanol–water partition coefficient (Wildman–Crippen LogP) is 10.9. The summed E-state index contributed by atoms with van der Waals surface area (Å²) in [6, 6.07) is 53.3. The van der Waals surface area contributed by atoms with Gasteiger partial charge in [0.1, 0.15) is 5.65 Å². The van der Waals surface area contributed by atoms with Crippen LogP contribution in [0.2, 0.25) is 0 Å². The Hall–Kier alpha value is -6.39. The first-order chi connectivity index (χ1) is 23.3. The number of rotatable bonds is 3. The predicted molar refractivity (Wildman–Crippen MR) is 195 cm³/mol. The van der Waals surface area contributed by atoms with Crippen molar-refractivity contribution in [2.24, 2.45) is 0 Å². The van der Waals surface area contributed by atoms with E-state index in [1.165, 1.54) is 21.5 Å². The van der Waals surface area contributed by atoms with Gasteiger partial charge in [0, 0.05) is 33.5 Å². The fourth-order valence-corrected chi connectivity index (χ4v) is 7.13. The second-order valence-electron chi connectivity index (χ2n) is 12.1. The molecule has 0 spiro atoms. The van der Waals surface area contributed by atoms with Gasteiger partial charge in [-0.05, 0) is 57.6 Å². The molecular formula is C43H26N4. The van der Waals surface area contributed by atoms with Gasteiger partial charge >= 0.3 is 0 Å². The lowest BCUT2D eigenvalue weighted by atomic mass is 9.94. The molecule has 0 saturated heterocycles. The zero-order valence-electron chi connectivity index (χ0n) is 25.3. The van der Waals surface area contributed by atoms with Crippen LogP contribution in [-0.4, -0.2) is 19.4 Å². The smallest absolute Gasteiger partial charge is 0.137 e. The number of pyridine rings is 1. The molecular weight excluding hydrogens is 573 g/mol. The molecule has 0 unspecified atom stereocenters. The van der Waals surface area contributed by atoms with Gasteiger partial charge in [-0.15, -0.1) is 0 Å². The highest BCUT2D eigenvalue weighted by Gasteiger charge is 2.17. The molecule has 0 saturated carbocycles. The van der Waals surface area contributed by atoms with Crippen molar-refractivity contribution in [2.75, 3.05) is 0 Å². The van der Waals surface area contributed by atoms with Crippen molar-refractivity contribution in [3.63, 3.8) is 0 Å². The quantitative estimate of drug-likeness (QED) is 0.190. The first-order valence-corrected chi connectivity index (χ1v) is 15.9. The van der Waals surface area contributed by atoms with E-state index < -0.39 is 0 Å². The van der Waals surface area contributed by atoms with Crippen LogP contribution in [0.25, 0.3) is 93.7 Å². The van der Waals surface area contributed by atoms with E-state index in [1.807, 2.05) is 18.2 Å². The molecule has 0 atom stereocenters. The van der Waals surface area contributed by atoms with Crippen LogP contribution >= 0.6 is 0 Å². The van der Waals surface area contributed by atoms with Crippen LogP contribution in [0.5, 0.6) is 0 Å². The number of benzene rings is 7. The topological polar surface area (TPSA) is 43.1 Å². The monoisotopic (exact) mass is 598 g/mol. The molecule has 218 valence electrons. The number of imidazole rings is 1. The Balaban J connectivity index is 1.22. The van der Waals surface area contributed by atoms with Crippen LogP contribution in [-0.2, 0) is 0 Å². The lowest BCUT2D eigenvalue weighted by molar-refractivity contribution is 1.23. The Bertz CT molecular complexity index is 2840. The summed E-state index contributed by atoms with van der Waals surface area (Å²) in [5.41, 5.74) is 11.1. The molecule has 3 heterocycles. The zero-order chi connectivity index (χ0) is 30.9. The minimum Gasteiger partial charge on any atom is -0.299 e. The zero-order valence-corrected chi connectivity index (χ0v) is 25.3. The van der Waals surface area contributed by atoms with Crippen molar-refractivity contribution in [3.8, 4) is 33.6 Å². The van der Waals surface area contributed by atoms with Crippen molar-refractivity contribution < 1.29 is 0 Å². The number of fused-ring (bicyclic) bond motifs is 11. The molecule has 10 rings (SSSR count). The maximum atomic E-state index is 5.36. The van der Waals surface area contributed by atoms with Crippen molar-refractivity contribution in [2.45, 2.75) is 0 Å². The molecule has 0 amide bonds. The molecule has 0 aliphatic rings. The Morgan fingerprint density at radius 3 is 1.81 bits per heavy atom. The molecule has 0 fully saturated rings. The van der Waals surface area contributed by atoms with Crippen LogP contribution in [0.15, 0.2) is 158 Å². The van der Waals surface area contributed by atoms with Gasteiger partial charge in [-0.3, -0.25) is 4.40 Å². The molecule has 0 bridgehead atoms. The van der Waals surface area contributed by atoms with Crippen molar-refractivity contribution in [1.29, 1.82) is 0 Å². The van der Waals surface area contributed by atoms with Crippen LogP contribution in [0.4, 0.5) is 0 Å². The number of nitrogens with zero attached hydrogens (tertiary/aromatic N) is 4. The average Bonchev–Trinajstić information content (AvgIpc) is 3.55. The van der Waals surface area contributed by atoms with E-state index in [0.717, 1.165) is 72.1 Å². The molecule has 47 heavy (non-hydrogen) atoms. The van der Waals surface area contributed by atoms with E-state index in [2.05, 4.69) is 144 Å². The van der Waals surface area contributed by atoms with Gasteiger partial charge in [0.15, 0.2) is 0 Å². The van der Waals surface area contributed by atoms with Crippen LogP contribution in [0.3, 0.4) is 0 Å². The van der Waals surface area contributed by atoms with E-state index in [9.17, 15) is 0 Å². The van der Waals surface area contributed by atoms with E-state index in [-0.39, 0.29) is 0 Å². The van der Waals surface area contributed by atoms with E-state index in [1.54, 1.807) is 0 Å². The number of aromatic nitrogens is 4. The third-order valence-corrected chi connectivity index (χ3v) is 9.36. The van der Waals surface area contributed by atoms with E-state index in [4.69, 9.17) is 15.0 Å². The summed E-state index contributed by atoms with van der Waals surface area (Å²) in [4.78, 5) is 15.6. The molecule has 0 radical (unpaired) electrons. The maximum absolute atomic E-state index is 5.36. The van der Waals surface area contributed by atoms with Crippen molar-refractivity contribution in [3.05, 3.63) is 158 Å². The molecule has 0 N–H and O–H groups in total. The van der Waals surface area contributed by atoms with Crippen LogP contribution < -0.4 is 0 Å². The summed E-state index contributed by atoms with van der Waals surface area (Å²) in [6.45, 7) is 0. The normalized spacial score (nSPS) is 11.8. The van der Waals surface area contributed by atoms with Gasteiger partial charge in [0.25, 0.3) is 0 Å². The average molecular weight is 599 g/mol. The fraction of sp³-hybridized carbons (Fsp3) is 0. The molecule has 0 aliphatic carbocycles. The standard InChI is InChI=1S/C43H26N4/c1-3-11-28(12-4-1)39-40(29-13-5-2-6-14-29)46-41-35-25-30(19-18-27(35)21-23-37(41)44-39)31-20-22-34-36(26-31)32-15-7-8-16-33(32)42-43(34)47-24-10-9-17-38(47)45-42/h1-26H. The van der Waals surface area contributed by atoms with Crippen LogP contribution in [0, 0.1) is 0 Å². The minimum absolute atomic E-state index is 0.882. The highest BCUT2D eigenvalue weighted by atomic mass is 15.0. The Labute approximate surface area is 270 Å². The van der Waals surface area contributed by atoms with Gasteiger partial charge in [0.2, 0.25) is 0 Å². The highest BCUT2D eigenvalue weighted by molar-refractivity contribution is 6.24. The van der Waals surface area contributed by atoms with E-state index >= 15 is 0 Å². The first kappa shape index (κ1) is 25.9. The summed E-state index contributed by atoms with van der Waals surface area (Å²) in [5, 5.41) is 7.01. The van der Waals surface area contributed by atoms with Gasteiger partial charge < -0.3 is 0 Å². The van der Waals surface area contributed by atoms with Crippen molar-refractivity contribution in [1.82, 2.24) is 19.4 Å². The van der Waals surface area contributed by atoms with Gasteiger partial charge in [-0.2, -0.15) is 0 Å². The molecule has 0 aliphatic heterocycles.